The van der Waals surface area contributed by atoms with Crippen LogP contribution in [-0.4, -0.2) is 64.9 Å². The summed E-state index contributed by atoms with van der Waals surface area (Å²) < 4.78 is 0. The number of nitrogens with zero attached hydrogens (tertiary/aromatic N) is 4. The number of unbranched alkanes of at least 4 members (excludes halogenated alkanes) is 2. The smallest absolute Gasteiger partial charge is 0.311 e. The molecule has 0 spiro atoms. The van der Waals surface area contributed by atoms with Crippen molar-refractivity contribution in [1.82, 2.24) is 14.8 Å². The number of amides is 1. The van der Waals surface area contributed by atoms with Gasteiger partial charge in [0, 0.05) is 25.7 Å². The number of anilines is 1. The second-order valence-electron chi connectivity index (χ2n) is 8.00. The molecule has 0 unspecified atom stereocenters. The number of carbonyl (C=O) groups is 1. The van der Waals surface area contributed by atoms with Crippen molar-refractivity contribution in [3.05, 3.63) is 27.9 Å². The summed E-state index contributed by atoms with van der Waals surface area (Å²) in [5, 5.41) is 14.5. The van der Waals surface area contributed by atoms with Gasteiger partial charge in [-0.15, -0.1) is 0 Å². The zero-order valence-corrected chi connectivity index (χ0v) is 18.6. The van der Waals surface area contributed by atoms with Crippen LogP contribution in [0.2, 0.25) is 0 Å². The van der Waals surface area contributed by atoms with Crippen molar-refractivity contribution < 1.29 is 9.72 Å². The predicted octanol–water partition coefficient (Wildman–Crippen LogP) is 4.32. The van der Waals surface area contributed by atoms with Gasteiger partial charge in [-0.3, -0.25) is 14.9 Å². The summed E-state index contributed by atoms with van der Waals surface area (Å²) >= 11 is 0. The highest BCUT2D eigenvalue weighted by molar-refractivity contribution is 5.93. The van der Waals surface area contributed by atoms with Crippen LogP contribution in [0, 0.1) is 10.1 Å². The lowest BCUT2D eigenvalue weighted by Crippen LogP contribution is -2.33. The Kier molecular flexibility index (Phi) is 10.5. The van der Waals surface area contributed by atoms with E-state index < -0.39 is 4.92 Å². The SMILES string of the molecule is CCCCN(CCCC)C(=O)c1ccc([N+](=O)[O-])c(NCCCN2CCCCC2)n1. The van der Waals surface area contributed by atoms with Gasteiger partial charge in [0.25, 0.3) is 5.91 Å². The predicted molar refractivity (Wildman–Crippen MR) is 120 cm³/mol. The minimum atomic E-state index is -0.444. The first-order chi connectivity index (χ1) is 14.6. The van der Waals surface area contributed by atoms with Crippen molar-refractivity contribution in [1.29, 1.82) is 0 Å². The Hall–Kier alpha value is -2.22. The van der Waals surface area contributed by atoms with Crippen LogP contribution in [0.1, 0.15) is 75.7 Å². The molecule has 0 aliphatic carbocycles. The van der Waals surface area contributed by atoms with Crippen molar-refractivity contribution in [3.8, 4) is 0 Å². The van der Waals surface area contributed by atoms with Gasteiger partial charge in [-0.25, -0.2) is 4.98 Å². The zero-order valence-electron chi connectivity index (χ0n) is 18.6. The molecule has 1 aliphatic heterocycles. The van der Waals surface area contributed by atoms with E-state index in [0.29, 0.717) is 19.6 Å². The van der Waals surface area contributed by atoms with Gasteiger partial charge in [0.1, 0.15) is 5.69 Å². The Bertz CT molecular complexity index is 669. The molecule has 8 heteroatoms. The number of hydrogen-bond acceptors (Lipinski definition) is 6. The molecular weight excluding hydrogens is 382 g/mol. The fourth-order valence-electron chi connectivity index (χ4n) is 3.72. The van der Waals surface area contributed by atoms with Gasteiger partial charge in [0.15, 0.2) is 0 Å². The lowest BCUT2D eigenvalue weighted by Gasteiger charge is -2.26. The maximum absolute atomic E-state index is 13.0. The van der Waals surface area contributed by atoms with Crippen LogP contribution in [0.3, 0.4) is 0 Å². The Morgan fingerprint density at radius 2 is 1.80 bits per heavy atom. The highest BCUT2D eigenvalue weighted by Gasteiger charge is 2.22. The van der Waals surface area contributed by atoms with Crippen molar-refractivity contribution in [2.45, 2.75) is 65.2 Å². The maximum Gasteiger partial charge on any atom is 0.311 e. The van der Waals surface area contributed by atoms with E-state index in [1.165, 1.54) is 31.4 Å². The molecule has 1 aromatic rings. The first-order valence-electron chi connectivity index (χ1n) is 11.5. The van der Waals surface area contributed by atoms with Crippen molar-refractivity contribution in [2.75, 3.05) is 44.6 Å². The Balaban J connectivity index is 2.03. The molecule has 30 heavy (non-hydrogen) atoms. The fourth-order valence-corrected chi connectivity index (χ4v) is 3.72. The van der Waals surface area contributed by atoms with E-state index in [0.717, 1.165) is 51.7 Å². The second-order valence-corrected chi connectivity index (χ2v) is 8.00. The normalized spacial score (nSPS) is 14.5. The minimum Gasteiger partial charge on any atom is -0.364 e. The lowest BCUT2D eigenvalue weighted by atomic mass is 10.1. The van der Waals surface area contributed by atoms with Crippen LogP contribution in [-0.2, 0) is 0 Å². The van der Waals surface area contributed by atoms with E-state index in [1.54, 1.807) is 0 Å². The highest BCUT2D eigenvalue weighted by atomic mass is 16.6. The van der Waals surface area contributed by atoms with Crippen LogP contribution in [0.25, 0.3) is 0 Å². The average molecular weight is 420 g/mol. The van der Waals surface area contributed by atoms with Gasteiger partial charge in [0.2, 0.25) is 5.82 Å². The molecule has 8 nitrogen and oxygen atoms in total. The maximum atomic E-state index is 13.0. The highest BCUT2D eigenvalue weighted by Crippen LogP contribution is 2.23. The van der Waals surface area contributed by atoms with E-state index in [1.807, 2.05) is 4.90 Å². The number of nitro groups is 1. The van der Waals surface area contributed by atoms with Gasteiger partial charge >= 0.3 is 5.69 Å². The summed E-state index contributed by atoms with van der Waals surface area (Å²) in [4.78, 5) is 32.6. The molecule has 1 amide bonds. The summed E-state index contributed by atoms with van der Waals surface area (Å²) in [6, 6.07) is 2.87. The molecule has 1 aromatic heterocycles. The minimum absolute atomic E-state index is 0.0850. The third-order valence-corrected chi connectivity index (χ3v) is 5.53. The van der Waals surface area contributed by atoms with Crippen LogP contribution in [0.4, 0.5) is 11.5 Å². The third-order valence-electron chi connectivity index (χ3n) is 5.53. The summed E-state index contributed by atoms with van der Waals surface area (Å²) in [7, 11) is 0. The molecule has 0 aromatic carbocycles. The molecule has 168 valence electrons. The quantitative estimate of drug-likeness (QED) is 0.291. The van der Waals surface area contributed by atoms with Crippen LogP contribution < -0.4 is 5.32 Å². The molecule has 0 bridgehead atoms. The number of hydrogen-bond donors (Lipinski definition) is 1. The molecule has 1 fully saturated rings. The number of aromatic nitrogens is 1. The van der Waals surface area contributed by atoms with Gasteiger partial charge in [-0.2, -0.15) is 0 Å². The largest absolute Gasteiger partial charge is 0.364 e. The Morgan fingerprint density at radius 3 is 2.40 bits per heavy atom. The first-order valence-corrected chi connectivity index (χ1v) is 11.5. The Labute approximate surface area is 180 Å². The Morgan fingerprint density at radius 1 is 1.13 bits per heavy atom. The van der Waals surface area contributed by atoms with Crippen LogP contribution in [0.5, 0.6) is 0 Å². The van der Waals surface area contributed by atoms with Crippen molar-refractivity contribution in [3.63, 3.8) is 0 Å². The zero-order chi connectivity index (χ0) is 21.8. The van der Waals surface area contributed by atoms with E-state index in [2.05, 4.69) is 29.0 Å². The topological polar surface area (TPSA) is 91.6 Å². The molecule has 0 saturated carbocycles. The molecular formula is C22H37N5O3. The number of nitrogens with one attached hydrogen (secondary N) is 1. The van der Waals surface area contributed by atoms with E-state index in [4.69, 9.17) is 0 Å². The van der Waals surface area contributed by atoms with E-state index in [-0.39, 0.29) is 23.1 Å². The van der Waals surface area contributed by atoms with Crippen LogP contribution in [0.15, 0.2) is 12.1 Å². The number of carbonyl (C=O) groups excluding carboxylic acids is 1. The summed E-state index contributed by atoms with van der Waals surface area (Å²) in [6.45, 7) is 9.40. The van der Waals surface area contributed by atoms with E-state index in [9.17, 15) is 14.9 Å². The van der Waals surface area contributed by atoms with Gasteiger partial charge in [0.05, 0.1) is 4.92 Å². The summed E-state index contributed by atoms with van der Waals surface area (Å²) in [5.41, 5.74) is 0.185. The first kappa shape index (κ1) is 24.1. The standard InChI is InChI=1S/C22H37N5O3/c1-3-5-17-26(18-6-4-2)22(28)19-11-12-20(27(29)30)21(24-19)23-13-10-16-25-14-8-7-9-15-25/h11-12H,3-10,13-18H2,1-2H3,(H,23,24). The molecule has 0 atom stereocenters. The number of piperidine rings is 1. The molecule has 1 saturated heterocycles. The fraction of sp³-hybridized carbons (Fsp3) is 0.727. The summed E-state index contributed by atoms with van der Waals surface area (Å²) in [5.74, 6) is 0.0404. The molecule has 1 N–H and O–H groups in total. The second kappa shape index (κ2) is 13.2. The lowest BCUT2D eigenvalue weighted by molar-refractivity contribution is -0.384. The van der Waals surface area contributed by atoms with E-state index >= 15 is 0 Å². The van der Waals surface area contributed by atoms with Gasteiger partial charge < -0.3 is 15.1 Å². The summed E-state index contributed by atoms with van der Waals surface area (Å²) in [6.07, 6.45) is 8.57. The van der Waals surface area contributed by atoms with Gasteiger partial charge in [-0.1, -0.05) is 33.1 Å². The monoisotopic (exact) mass is 419 g/mol. The van der Waals surface area contributed by atoms with Gasteiger partial charge in [-0.05, 0) is 57.8 Å². The number of rotatable bonds is 13. The molecule has 2 heterocycles. The molecule has 2 rings (SSSR count). The van der Waals surface area contributed by atoms with Crippen LogP contribution >= 0.6 is 0 Å². The number of likely N-dealkylation sites (tertiary alicyclic amines) is 1. The number of pyridine rings is 1. The van der Waals surface area contributed by atoms with Crippen molar-refractivity contribution >= 4 is 17.4 Å². The average Bonchev–Trinajstić information content (AvgIpc) is 2.77. The molecule has 1 aliphatic rings. The van der Waals surface area contributed by atoms with Crippen molar-refractivity contribution in [2.24, 2.45) is 0 Å². The third kappa shape index (κ3) is 7.55. The molecule has 0 radical (unpaired) electrons.